The summed E-state index contributed by atoms with van der Waals surface area (Å²) in [7, 11) is 0. The van der Waals surface area contributed by atoms with E-state index in [0.717, 1.165) is 0 Å². The van der Waals surface area contributed by atoms with E-state index in [-0.39, 0.29) is 17.9 Å². The van der Waals surface area contributed by atoms with Crippen molar-refractivity contribution in [3.8, 4) is 5.69 Å². The molecule has 29 heavy (non-hydrogen) atoms. The second-order valence-corrected chi connectivity index (χ2v) is 6.51. The molecule has 1 aromatic heterocycles. The van der Waals surface area contributed by atoms with Crippen LogP contribution < -0.4 is 5.56 Å². The quantitative estimate of drug-likeness (QED) is 0.376. The van der Waals surface area contributed by atoms with Gasteiger partial charge in [0.1, 0.15) is 5.69 Å². The van der Waals surface area contributed by atoms with E-state index in [4.69, 9.17) is 4.74 Å². The molecule has 0 aliphatic heterocycles. The summed E-state index contributed by atoms with van der Waals surface area (Å²) < 4.78 is 6.32. The van der Waals surface area contributed by atoms with Crippen molar-refractivity contribution in [1.29, 1.82) is 0 Å². The summed E-state index contributed by atoms with van der Waals surface area (Å²) >= 11 is 0. The van der Waals surface area contributed by atoms with Gasteiger partial charge in [-0.05, 0) is 24.6 Å². The molecule has 0 amide bonds. The van der Waals surface area contributed by atoms with Crippen molar-refractivity contribution in [3.63, 3.8) is 0 Å². The first-order valence-electron chi connectivity index (χ1n) is 9.21. The van der Waals surface area contributed by atoms with Crippen molar-refractivity contribution in [2.45, 2.75) is 25.8 Å². The third-order valence-electron chi connectivity index (χ3n) is 4.71. The number of carbonyl (C=O) groups excluding carboxylic acids is 1. The monoisotopic (exact) mass is 395 g/mol. The first-order chi connectivity index (χ1) is 14.0. The van der Waals surface area contributed by atoms with E-state index in [1.165, 1.54) is 11.6 Å². The minimum atomic E-state index is -1.14. The molecule has 1 N–H and O–H groups in total. The van der Waals surface area contributed by atoms with E-state index < -0.39 is 28.4 Å². The van der Waals surface area contributed by atoms with E-state index in [0.29, 0.717) is 11.3 Å². The molecule has 0 aliphatic rings. The predicted octanol–water partition coefficient (Wildman–Crippen LogP) is 3.14. The van der Waals surface area contributed by atoms with E-state index in [9.17, 15) is 19.7 Å². The van der Waals surface area contributed by atoms with E-state index in [1.807, 2.05) is 0 Å². The van der Waals surface area contributed by atoms with Crippen LogP contribution in [0.3, 0.4) is 0 Å². The predicted molar refractivity (Wildman–Crippen MR) is 107 cm³/mol. The highest BCUT2D eigenvalue weighted by atomic mass is 16.6. The number of benzene rings is 2. The molecule has 8 heteroatoms. The Morgan fingerprint density at radius 3 is 2.28 bits per heavy atom. The van der Waals surface area contributed by atoms with Crippen LogP contribution in [0.2, 0.25) is 0 Å². The van der Waals surface area contributed by atoms with Crippen LogP contribution in [0.25, 0.3) is 5.69 Å². The molecule has 3 aromatic rings. The number of rotatable bonds is 7. The van der Waals surface area contributed by atoms with Crippen LogP contribution in [0.4, 0.5) is 0 Å². The molecule has 0 fully saturated rings. The van der Waals surface area contributed by atoms with Crippen LogP contribution in [-0.2, 0) is 4.74 Å². The second kappa shape index (κ2) is 8.55. The number of para-hydroxylation sites is 1. The zero-order valence-electron chi connectivity index (χ0n) is 16.1. The van der Waals surface area contributed by atoms with Gasteiger partial charge < -0.3 is 4.74 Å². The molecule has 2 atom stereocenters. The first-order valence-corrected chi connectivity index (χ1v) is 9.21. The number of esters is 1. The van der Waals surface area contributed by atoms with Crippen molar-refractivity contribution in [2.24, 2.45) is 0 Å². The Hall–Kier alpha value is -3.68. The summed E-state index contributed by atoms with van der Waals surface area (Å²) in [6, 6.07) is 16.2. The maximum absolute atomic E-state index is 13.3. The van der Waals surface area contributed by atoms with Crippen molar-refractivity contribution in [1.82, 2.24) is 9.78 Å². The van der Waals surface area contributed by atoms with Crippen molar-refractivity contribution >= 4 is 5.97 Å². The molecular weight excluding hydrogens is 374 g/mol. The highest BCUT2D eigenvalue weighted by molar-refractivity contribution is 5.89. The average molecular weight is 395 g/mol. The molecule has 0 aliphatic carbocycles. The van der Waals surface area contributed by atoms with Crippen LogP contribution >= 0.6 is 0 Å². The summed E-state index contributed by atoms with van der Waals surface area (Å²) in [6.45, 7) is 3.18. The van der Waals surface area contributed by atoms with Gasteiger partial charge in [-0.15, -0.1) is 0 Å². The maximum Gasteiger partial charge on any atom is 0.356 e. The average Bonchev–Trinajstić information content (AvgIpc) is 3.07. The number of nitrogens with zero attached hydrogens (tertiary/aromatic N) is 2. The van der Waals surface area contributed by atoms with Crippen molar-refractivity contribution < 1.29 is 14.5 Å². The lowest BCUT2D eigenvalue weighted by atomic mass is 9.86. The Labute approximate surface area is 166 Å². The fraction of sp³-hybridized carbons (Fsp3) is 0.238. The van der Waals surface area contributed by atoms with Gasteiger partial charge in [-0.3, -0.25) is 20.0 Å². The molecule has 0 saturated carbocycles. The molecule has 8 nitrogen and oxygen atoms in total. The lowest BCUT2D eigenvalue weighted by molar-refractivity contribution is -0.520. The molecule has 0 saturated heterocycles. The molecule has 0 spiro atoms. The lowest BCUT2D eigenvalue weighted by Gasteiger charge is -2.18. The Balaban J connectivity index is 2.29. The van der Waals surface area contributed by atoms with E-state index in [2.05, 4.69) is 5.10 Å². The summed E-state index contributed by atoms with van der Waals surface area (Å²) in [6.07, 6.45) is 0. The van der Waals surface area contributed by atoms with Crippen LogP contribution in [0.15, 0.2) is 65.5 Å². The molecule has 2 aromatic carbocycles. The zero-order valence-corrected chi connectivity index (χ0v) is 16.1. The zero-order chi connectivity index (χ0) is 21.0. The van der Waals surface area contributed by atoms with Crippen LogP contribution in [-0.4, -0.2) is 33.3 Å². The van der Waals surface area contributed by atoms with Gasteiger partial charge in [-0.2, -0.15) is 0 Å². The molecule has 2 unspecified atom stereocenters. The van der Waals surface area contributed by atoms with Crippen molar-refractivity contribution in [2.75, 3.05) is 6.61 Å². The van der Waals surface area contributed by atoms with E-state index in [1.54, 1.807) is 67.6 Å². The number of ether oxygens (including phenoxy) is 1. The summed E-state index contributed by atoms with van der Waals surface area (Å²) in [4.78, 5) is 37.2. The Kier molecular flexibility index (Phi) is 5.92. The smallest absolute Gasteiger partial charge is 0.356 e. The lowest BCUT2D eigenvalue weighted by Crippen LogP contribution is -2.31. The molecule has 0 bridgehead atoms. The number of aromatic nitrogens is 2. The molecule has 1 heterocycles. The van der Waals surface area contributed by atoms with Gasteiger partial charge in [-0.25, -0.2) is 9.48 Å². The molecule has 0 radical (unpaired) electrons. The minimum absolute atomic E-state index is 0.0164. The van der Waals surface area contributed by atoms with Gasteiger partial charge in [0.15, 0.2) is 0 Å². The third kappa shape index (κ3) is 3.96. The summed E-state index contributed by atoms with van der Waals surface area (Å²) in [5.41, 5.74) is 0.487. The molecular formula is C21H21N3O5. The van der Waals surface area contributed by atoms with Crippen molar-refractivity contribution in [3.05, 3.63) is 98.0 Å². The fourth-order valence-corrected chi connectivity index (χ4v) is 3.32. The van der Waals surface area contributed by atoms with Crippen LogP contribution in [0.1, 0.15) is 41.4 Å². The third-order valence-corrected chi connectivity index (χ3v) is 4.71. The SMILES string of the molecule is CCOC(=O)c1[nH]n(-c2ccccc2)c(=O)c1C(c1ccccc1)C(C)[N+](=O)[O-]. The summed E-state index contributed by atoms with van der Waals surface area (Å²) in [5.74, 6) is -1.66. The highest BCUT2D eigenvalue weighted by Crippen LogP contribution is 2.30. The topological polar surface area (TPSA) is 107 Å². The normalized spacial score (nSPS) is 12.9. The first kappa shape index (κ1) is 20.1. The molecule has 150 valence electrons. The maximum atomic E-state index is 13.3. The van der Waals surface area contributed by atoms with Crippen LogP contribution in [0, 0.1) is 10.1 Å². The Morgan fingerprint density at radius 2 is 1.72 bits per heavy atom. The number of aromatic amines is 1. The standard InChI is InChI=1S/C21H21N3O5/c1-3-29-21(26)19-18(20(25)23(22-19)16-12-8-5-9-13-16)17(14(2)24(27)28)15-10-6-4-7-11-15/h4-14,17,22H,3H2,1-2H3. The Bertz CT molecular complexity index is 1060. The minimum Gasteiger partial charge on any atom is -0.461 e. The molecule has 3 rings (SSSR count). The largest absolute Gasteiger partial charge is 0.461 e. The van der Waals surface area contributed by atoms with Gasteiger partial charge in [0.25, 0.3) is 5.56 Å². The van der Waals surface area contributed by atoms with Gasteiger partial charge in [0.2, 0.25) is 6.04 Å². The second-order valence-electron chi connectivity index (χ2n) is 6.51. The fourth-order valence-electron chi connectivity index (χ4n) is 3.32. The summed E-state index contributed by atoms with van der Waals surface area (Å²) in [5, 5.41) is 14.5. The van der Waals surface area contributed by atoms with Gasteiger partial charge in [0, 0.05) is 11.8 Å². The number of hydrogen-bond donors (Lipinski definition) is 1. The van der Waals surface area contributed by atoms with E-state index >= 15 is 0 Å². The Morgan fingerprint density at radius 1 is 1.14 bits per heavy atom. The highest BCUT2D eigenvalue weighted by Gasteiger charge is 2.37. The number of hydrogen-bond acceptors (Lipinski definition) is 5. The number of nitrogens with one attached hydrogen (secondary N) is 1. The van der Waals surface area contributed by atoms with Gasteiger partial charge >= 0.3 is 5.97 Å². The number of carbonyl (C=O) groups is 1. The van der Waals surface area contributed by atoms with Gasteiger partial charge in [0.05, 0.1) is 23.8 Å². The van der Waals surface area contributed by atoms with Gasteiger partial charge in [-0.1, -0.05) is 48.5 Å². The van der Waals surface area contributed by atoms with Crippen LogP contribution in [0.5, 0.6) is 0 Å². The number of nitro groups is 1. The number of H-pyrrole nitrogens is 1.